The zero-order valence-electron chi connectivity index (χ0n) is 9.54. The zero-order chi connectivity index (χ0) is 13.5. The Kier molecular flexibility index (Phi) is 5.15. The lowest BCUT2D eigenvalue weighted by atomic mass is 10.3. The summed E-state index contributed by atoms with van der Waals surface area (Å²) < 4.78 is 18.0. The molecule has 6 heteroatoms. The van der Waals surface area contributed by atoms with Gasteiger partial charge in [-0.05, 0) is 25.1 Å². The Bertz CT molecular complexity index is 523. The lowest BCUT2D eigenvalue weighted by Crippen LogP contribution is -2.08. The van der Waals surface area contributed by atoms with Crippen LogP contribution < -0.4 is 5.32 Å². The number of rotatable bonds is 4. The van der Waals surface area contributed by atoms with Crippen molar-refractivity contribution >= 4 is 23.3 Å². The summed E-state index contributed by atoms with van der Waals surface area (Å²) >= 11 is 5.69. The fourth-order valence-corrected chi connectivity index (χ4v) is 1.28. The highest BCUT2D eigenvalue weighted by molar-refractivity contribution is 6.30. The molecule has 1 N–H and O–H groups in total. The number of hydrogen-bond donors (Lipinski definition) is 1. The van der Waals surface area contributed by atoms with Gasteiger partial charge in [0.2, 0.25) is 0 Å². The molecule has 0 aromatic heterocycles. The molecule has 94 valence electrons. The van der Waals surface area contributed by atoms with Gasteiger partial charge in [-0.15, -0.1) is 0 Å². The maximum absolute atomic E-state index is 13.3. The number of halogens is 2. The van der Waals surface area contributed by atoms with Crippen molar-refractivity contribution in [2.45, 2.75) is 6.92 Å². The minimum Gasteiger partial charge on any atom is -0.462 e. The van der Waals surface area contributed by atoms with Crippen LogP contribution in [0.5, 0.6) is 0 Å². The van der Waals surface area contributed by atoms with E-state index in [1.807, 2.05) is 0 Å². The summed E-state index contributed by atoms with van der Waals surface area (Å²) in [5.74, 6) is -1.31. The number of esters is 1. The van der Waals surface area contributed by atoms with E-state index in [9.17, 15) is 9.18 Å². The van der Waals surface area contributed by atoms with Gasteiger partial charge in [-0.3, -0.25) is 0 Å². The van der Waals surface area contributed by atoms with Crippen LogP contribution in [0.25, 0.3) is 0 Å². The Morgan fingerprint density at radius 3 is 3.00 bits per heavy atom. The molecule has 0 aliphatic heterocycles. The molecular weight excluding hydrogens is 259 g/mol. The summed E-state index contributed by atoms with van der Waals surface area (Å²) in [5.41, 5.74) is -0.184. The predicted molar refractivity (Wildman–Crippen MR) is 65.4 cm³/mol. The highest BCUT2D eigenvalue weighted by Gasteiger charge is 2.10. The molecule has 0 aliphatic carbocycles. The first-order valence-corrected chi connectivity index (χ1v) is 5.45. The molecule has 1 rings (SSSR count). The summed E-state index contributed by atoms with van der Waals surface area (Å²) in [6.45, 7) is 1.78. The third-order valence-electron chi connectivity index (χ3n) is 1.92. The van der Waals surface area contributed by atoms with Crippen molar-refractivity contribution in [2.24, 2.45) is 0 Å². The molecular formula is C12H10ClFN2O2. The second kappa shape index (κ2) is 6.62. The highest BCUT2D eigenvalue weighted by Crippen LogP contribution is 2.19. The smallest absolute Gasteiger partial charge is 0.350 e. The van der Waals surface area contributed by atoms with Crippen LogP contribution in [-0.4, -0.2) is 12.6 Å². The summed E-state index contributed by atoms with van der Waals surface area (Å²) in [6, 6.07) is 5.57. The van der Waals surface area contributed by atoms with Gasteiger partial charge >= 0.3 is 5.97 Å². The number of nitrogens with zero attached hydrogens (tertiary/aromatic N) is 1. The number of ether oxygens (including phenoxy) is 1. The number of carbonyl (C=O) groups is 1. The Morgan fingerprint density at radius 2 is 2.39 bits per heavy atom. The first-order valence-electron chi connectivity index (χ1n) is 5.07. The van der Waals surface area contributed by atoms with E-state index in [4.69, 9.17) is 16.9 Å². The summed E-state index contributed by atoms with van der Waals surface area (Å²) in [7, 11) is 0. The van der Waals surface area contributed by atoms with Gasteiger partial charge < -0.3 is 10.1 Å². The topological polar surface area (TPSA) is 62.1 Å². The third kappa shape index (κ3) is 3.75. The lowest BCUT2D eigenvalue weighted by Gasteiger charge is -2.04. The molecule has 0 saturated heterocycles. The van der Waals surface area contributed by atoms with Gasteiger partial charge in [-0.1, -0.05) is 11.6 Å². The van der Waals surface area contributed by atoms with Crippen molar-refractivity contribution in [3.8, 4) is 6.07 Å². The van der Waals surface area contributed by atoms with Gasteiger partial charge in [0.1, 0.15) is 11.9 Å². The van der Waals surface area contributed by atoms with Gasteiger partial charge in [0.05, 0.1) is 12.3 Å². The Morgan fingerprint density at radius 1 is 1.67 bits per heavy atom. The van der Waals surface area contributed by atoms with E-state index in [1.54, 1.807) is 13.0 Å². The molecule has 1 aromatic carbocycles. The average Bonchev–Trinajstić information content (AvgIpc) is 2.34. The van der Waals surface area contributed by atoms with E-state index in [0.717, 1.165) is 6.20 Å². The molecule has 0 spiro atoms. The molecule has 0 aliphatic rings. The van der Waals surface area contributed by atoms with E-state index >= 15 is 0 Å². The largest absolute Gasteiger partial charge is 0.462 e. The molecule has 0 radical (unpaired) electrons. The van der Waals surface area contributed by atoms with Crippen LogP contribution in [0.3, 0.4) is 0 Å². The molecule has 4 nitrogen and oxygen atoms in total. The van der Waals surface area contributed by atoms with Crippen LogP contribution in [0.1, 0.15) is 6.92 Å². The van der Waals surface area contributed by atoms with Crippen molar-refractivity contribution in [3.63, 3.8) is 0 Å². The number of carbonyl (C=O) groups excluding carboxylic acids is 1. The minimum atomic E-state index is -0.769. The Balaban J connectivity index is 2.87. The van der Waals surface area contributed by atoms with Crippen LogP contribution in [0.2, 0.25) is 5.02 Å². The van der Waals surface area contributed by atoms with Crippen molar-refractivity contribution in [2.75, 3.05) is 11.9 Å². The van der Waals surface area contributed by atoms with E-state index < -0.39 is 11.8 Å². The first-order chi connectivity index (χ1) is 8.58. The van der Waals surface area contributed by atoms with Gasteiger partial charge in [-0.2, -0.15) is 5.26 Å². The second-order valence-electron chi connectivity index (χ2n) is 3.16. The van der Waals surface area contributed by atoms with Crippen LogP contribution in [0, 0.1) is 17.1 Å². The fraction of sp³-hybridized carbons (Fsp3) is 0.167. The molecule has 18 heavy (non-hydrogen) atoms. The van der Waals surface area contributed by atoms with E-state index in [2.05, 4.69) is 10.1 Å². The van der Waals surface area contributed by atoms with Crippen LogP contribution >= 0.6 is 11.6 Å². The van der Waals surface area contributed by atoms with Gasteiger partial charge in [-0.25, -0.2) is 9.18 Å². The quantitative estimate of drug-likeness (QED) is 0.518. The van der Waals surface area contributed by atoms with Gasteiger partial charge in [0, 0.05) is 11.2 Å². The number of nitrogens with one attached hydrogen (secondary N) is 1. The summed E-state index contributed by atoms with van der Waals surface area (Å²) in [4.78, 5) is 11.3. The summed E-state index contributed by atoms with van der Waals surface area (Å²) in [5, 5.41) is 11.6. The highest BCUT2D eigenvalue weighted by atomic mass is 35.5. The van der Waals surface area contributed by atoms with Crippen molar-refractivity contribution in [1.82, 2.24) is 0 Å². The van der Waals surface area contributed by atoms with E-state index in [-0.39, 0.29) is 17.9 Å². The van der Waals surface area contributed by atoms with Crippen LogP contribution in [-0.2, 0) is 9.53 Å². The SMILES string of the molecule is CCOC(=O)/C(C#N)=C/Nc1cc(Cl)ccc1F. The standard InChI is InChI=1S/C12H10ClFN2O2/c1-2-18-12(17)8(6-15)7-16-11-5-9(13)3-4-10(11)14/h3-5,7,16H,2H2,1H3/b8-7+. The number of hydrogen-bond acceptors (Lipinski definition) is 4. The third-order valence-corrected chi connectivity index (χ3v) is 2.15. The minimum absolute atomic E-state index is 0.0690. The van der Waals surface area contributed by atoms with Gasteiger partial charge in [0.15, 0.2) is 5.57 Å². The van der Waals surface area contributed by atoms with Crippen molar-refractivity contribution < 1.29 is 13.9 Å². The molecule has 0 bridgehead atoms. The molecule has 0 heterocycles. The first kappa shape index (κ1) is 14.0. The maximum atomic E-state index is 13.3. The van der Waals surface area contributed by atoms with Gasteiger partial charge in [0.25, 0.3) is 0 Å². The summed E-state index contributed by atoms with van der Waals surface area (Å²) in [6.07, 6.45) is 1.08. The van der Waals surface area contributed by atoms with Crippen LogP contribution in [0.4, 0.5) is 10.1 Å². The van der Waals surface area contributed by atoms with Crippen molar-refractivity contribution in [1.29, 1.82) is 5.26 Å². The van der Waals surface area contributed by atoms with Crippen LogP contribution in [0.15, 0.2) is 30.0 Å². The lowest BCUT2D eigenvalue weighted by molar-refractivity contribution is -0.138. The Hall–Kier alpha value is -2.06. The average molecular weight is 269 g/mol. The van der Waals surface area contributed by atoms with Crippen molar-refractivity contribution in [3.05, 3.63) is 40.8 Å². The predicted octanol–water partition coefficient (Wildman–Crippen LogP) is 2.86. The fourth-order valence-electron chi connectivity index (χ4n) is 1.10. The Labute approximate surface area is 109 Å². The normalized spacial score (nSPS) is 10.7. The number of nitriles is 1. The number of anilines is 1. The zero-order valence-corrected chi connectivity index (χ0v) is 10.3. The van der Waals surface area contributed by atoms with E-state index in [0.29, 0.717) is 5.02 Å². The monoisotopic (exact) mass is 268 g/mol. The maximum Gasteiger partial charge on any atom is 0.350 e. The molecule has 0 fully saturated rings. The molecule has 0 unspecified atom stereocenters. The molecule has 0 amide bonds. The second-order valence-corrected chi connectivity index (χ2v) is 3.60. The molecule has 1 aromatic rings. The molecule has 0 saturated carbocycles. The molecule has 0 atom stereocenters. The van der Waals surface area contributed by atoms with E-state index in [1.165, 1.54) is 18.2 Å². The number of benzene rings is 1.